The molecule has 14 heavy (non-hydrogen) atoms. The molecule has 4 heteroatoms. The molecule has 2 aromatic rings. The average molecular weight is 189 g/mol. The van der Waals surface area contributed by atoms with Crippen LogP contribution in [-0.2, 0) is 18.3 Å². The summed E-state index contributed by atoms with van der Waals surface area (Å²) in [7, 11) is 1.91. The fourth-order valence-electron chi connectivity index (χ4n) is 1.48. The van der Waals surface area contributed by atoms with Crippen molar-refractivity contribution >= 4 is 16.8 Å². The number of aryl methyl sites for hydroxylation is 1. The summed E-state index contributed by atoms with van der Waals surface area (Å²) in [6.45, 7) is 1.57. The van der Waals surface area contributed by atoms with Crippen LogP contribution in [0.5, 0.6) is 0 Å². The maximum Gasteiger partial charge on any atom is 0.137 e. The van der Waals surface area contributed by atoms with Crippen LogP contribution in [0.15, 0.2) is 18.5 Å². The third-order valence-electron chi connectivity index (χ3n) is 2.18. The molecular formula is C10H11N3O. The Hall–Kier alpha value is -1.71. The van der Waals surface area contributed by atoms with Crippen molar-refractivity contribution in [3.8, 4) is 0 Å². The van der Waals surface area contributed by atoms with Gasteiger partial charge in [0.15, 0.2) is 0 Å². The van der Waals surface area contributed by atoms with Crippen LogP contribution in [0, 0.1) is 0 Å². The molecule has 2 heterocycles. The molecule has 72 valence electrons. The summed E-state index contributed by atoms with van der Waals surface area (Å²) < 4.78 is 1.93. The maximum atomic E-state index is 11.0. The monoisotopic (exact) mass is 189 g/mol. The second-order valence-electron chi connectivity index (χ2n) is 3.33. The highest BCUT2D eigenvalue weighted by Gasteiger charge is 2.08. The number of fused-ring (bicyclic) bond motifs is 1. The van der Waals surface area contributed by atoms with Crippen molar-refractivity contribution in [1.29, 1.82) is 0 Å². The van der Waals surface area contributed by atoms with Gasteiger partial charge in [0.05, 0.1) is 18.1 Å². The lowest BCUT2D eigenvalue weighted by molar-refractivity contribution is -0.116. The number of hydrogen-bond donors (Lipinski definition) is 0. The first-order valence-electron chi connectivity index (χ1n) is 4.43. The second-order valence-corrected chi connectivity index (χ2v) is 3.33. The molecule has 0 aliphatic carbocycles. The molecular weight excluding hydrogens is 178 g/mol. The van der Waals surface area contributed by atoms with E-state index in [9.17, 15) is 4.79 Å². The van der Waals surface area contributed by atoms with Gasteiger partial charge in [-0.15, -0.1) is 0 Å². The number of imidazole rings is 1. The minimum Gasteiger partial charge on any atom is -0.331 e. The number of nitrogens with zero attached hydrogens (tertiary/aromatic N) is 3. The number of aromatic nitrogens is 3. The molecule has 0 amide bonds. The van der Waals surface area contributed by atoms with Crippen LogP contribution in [0.25, 0.3) is 11.0 Å². The average Bonchev–Trinajstić information content (AvgIpc) is 2.44. The summed E-state index contributed by atoms with van der Waals surface area (Å²) in [6, 6.07) is 1.89. The minimum absolute atomic E-state index is 0.122. The third-order valence-corrected chi connectivity index (χ3v) is 2.18. The lowest BCUT2D eigenvalue weighted by Crippen LogP contribution is -2.03. The normalized spacial score (nSPS) is 10.7. The standard InChI is InChI=1S/C10H11N3O/c1-7(14)5-10-12-8-6-11-4-3-9(8)13(10)2/h3-4,6H,5H2,1-2H3. The van der Waals surface area contributed by atoms with E-state index in [1.54, 1.807) is 19.3 Å². The Kier molecular flexibility index (Phi) is 2.04. The van der Waals surface area contributed by atoms with Gasteiger partial charge in [0, 0.05) is 13.2 Å². The van der Waals surface area contributed by atoms with Gasteiger partial charge in [-0.1, -0.05) is 0 Å². The Labute approximate surface area is 81.6 Å². The van der Waals surface area contributed by atoms with E-state index >= 15 is 0 Å². The number of ketones is 1. The molecule has 2 aromatic heterocycles. The van der Waals surface area contributed by atoms with E-state index < -0.39 is 0 Å². The number of hydrogen-bond acceptors (Lipinski definition) is 3. The first kappa shape index (κ1) is 8.87. The van der Waals surface area contributed by atoms with Crippen LogP contribution in [0.2, 0.25) is 0 Å². The number of pyridine rings is 1. The van der Waals surface area contributed by atoms with Gasteiger partial charge in [-0.2, -0.15) is 0 Å². The molecule has 0 saturated carbocycles. The Bertz CT molecular complexity index is 487. The van der Waals surface area contributed by atoms with Crippen molar-refractivity contribution in [3.05, 3.63) is 24.3 Å². The van der Waals surface area contributed by atoms with Gasteiger partial charge in [0.1, 0.15) is 17.1 Å². The molecule has 0 N–H and O–H groups in total. The largest absolute Gasteiger partial charge is 0.331 e. The topological polar surface area (TPSA) is 47.8 Å². The molecule has 0 spiro atoms. The molecule has 0 fully saturated rings. The molecule has 0 unspecified atom stereocenters. The first-order chi connectivity index (χ1) is 6.68. The summed E-state index contributed by atoms with van der Waals surface area (Å²) in [6.07, 6.45) is 3.81. The summed E-state index contributed by atoms with van der Waals surface area (Å²) >= 11 is 0. The van der Waals surface area contributed by atoms with Crippen LogP contribution in [0.4, 0.5) is 0 Å². The first-order valence-corrected chi connectivity index (χ1v) is 4.43. The van der Waals surface area contributed by atoms with E-state index in [0.717, 1.165) is 16.9 Å². The summed E-state index contributed by atoms with van der Waals surface area (Å²) in [5.41, 5.74) is 1.85. The SMILES string of the molecule is CC(=O)Cc1nc2cnccc2n1C. The molecule has 0 aromatic carbocycles. The number of rotatable bonds is 2. The number of carbonyl (C=O) groups is 1. The zero-order valence-electron chi connectivity index (χ0n) is 8.19. The third kappa shape index (κ3) is 1.39. The highest BCUT2D eigenvalue weighted by molar-refractivity contribution is 5.80. The van der Waals surface area contributed by atoms with E-state index in [0.29, 0.717) is 6.42 Å². The summed E-state index contributed by atoms with van der Waals surface area (Å²) in [5.74, 6) is 0.914. The Morgan fingerprint density at radius 2 is 2.36 bits per heavy atom. The molecule has 0 aliphatic heterocycles. The van der Waals surface area contributed by atoms with Gasteiger partial charge in [-0.25, -0.2) is 4.98 Å². The van der Waals surface area contributed by atoms with Crippen molar-refractivity contribution in [2.75, 3.05) is 0 Å². The highest BCUT2D eigenvalue weighted by atomic mass is 16.1. The summed E-state index contributed by atoms with van der Waals surface area (Å²) in [4.78, 5) is 19.3. The molecule has 0 bridgehead atoms. The van der Waals surface area contributed by atoms with Crippen LogP contribution >= 0.6 is 0 Å². The van der Waals surface area contributed by atoms with Gasteiger partial charge in [0.25, 0.3) is 0 Å². The van der Waals surface area contributed by atoms with Gasteiger partial charge >= 0.3 is 0 Å². The van der Waals surface area contributed by atoms with Gasteiger partial charge in [-0.3, -0.25) is 9.78 Å². The maximum absolute atomic E-state index is 11.0. The number of carbonyl (C=O) groups excluding carboxylic acids is 1. The van der Waals surface area contributed by atoms with Crippen molar-refractivity contribution < 1.29 is 4.79 Å². The van der Waals surface area contributed by atoms with E-state index in [1.807, 2.05) is 17.7 Å². The van der Waals surface area contributed by atoms with Crippen LogP contribution in [0.1, 0.15) is 12.7 Å². The Balaban J connectivity index is 2.57. The van der Waals surface area contributed by atoms with Gasteiger partial charge < -0.3 is 4.57 Å². The lowest BCUT2D eigenvalue weighted by Gasteiger charge is -1.98. The molecule has 0 radical (unpaired) electrons. The minimum atomic E-state index is 0.122. The zero-order chi connectivity index (χ0) is 10.1. The second kappa shape index (κ2) is 3.21. The lowest BCUT2D eigenvalue weighted by atomic mass is 10.3. The van der Waals surface area contributed by atoms with Gasteiger partial charge in [0.2, 0.25) is 0 Å². The smallest absolute Gasteiger partial charge is 0.137 e. The molecule has 0 atom stereocenters. The fourth-order valence-corrected chi connectivity index (χ4v) is 1.48. The Morgan fingerprint density at radius 3 is 3.00 bits per heavy atom. The van der Waals surface area contributed by atoms with E-state index in [2.05, 4.69) is 9.97 Å². The van der Waals surface area contributed by atoms with Crippen LogP contribution in [-0.4, -0.2) is 20.3 Å². The molecule has 4 nitrogen and oxygen atoms in total. The van der Waals surface area contributed by atoms with Crippen LogP contribution in [0.3, 0.4) is 0 Å². The van der Waals surface area contributed by atoms with Gasteiger partial charge in [-0.05, 0) is 13.0 Å². The predicted molar refractivity (Wildman–Crippen MR) is 52.9 cm³/mol. The van der Waals surface area contributed by atoms with E-state index in [4.69, 9.17) is 0 Å². The van der Waals surface area contributed by atoms with E-state index in [1.165, 1.54) is 0 Å². The highest BCUT2D eigenvalue weighted by Crippen LogP contribution is 2.13. The van der Waals surface area contributed by atoms with Crippen molar-refractivity contribution in [2.24, 2.45) is 7.05 Å². The molecule has 2 rings (SSSR count). The predicted octanol–water partition coefficient (Wildman–Crippen LogP) is 1.10. The van der Waals surface area contributed by atoms with Crippen molar-refractivity contribution in [3.63, 3.8) is 0 Å². The molecule has 0 saturated heterocycles. The van der Waals surface area contributed by atoms with Crippen molar-refractivity contribution in [1.82, 2.24) is 14.5 Å². The Morgan fingerprint density at radius 1 is 1.57 bits per heavy atom. The van der Waals surface area contributed by atoms with Crippen molar-refractivity contribution in [2.45, 2.75) is 13.3 Å². The molecule has 0 aliphatic rings. The quantitative estimate of drug-likeness (QED) is 0.710. The number of Topliss-reactive ketones (excluding diaryl/α,β-unsaturated/α-hetero) is 1. The fraction of sp³-hybridized carbons (Fsp3) is 0.300. The van der Waals surface area contributed by atoms with E-state index in [-0.39, 0.29) is 5.78 Å². The van der Waals surface area contributed by atoms with Crippen LogP contribution < -0.4 is 0 Å². The summed E-state index contributed by atoms with van der Waals surface area (Å²) in [5, 5.41) is 0. The zero-order valence-corrected chi connectivity index (χ0v) is 8.19.